The van der Waals surface area contributed by atoms with E-state index in [0.29, 0.717) is 0 Å². The van der Waals surface area contributed by atoms with Crippen LogP contribution in [0.1, 0.15) is 44.6 Å². The summed E-state index contributed by atoms with van der Waals surface area (Å²) >= 11 is 0. The summed E-state index contributed by atoms with van der Waals surface area (Å²) in [5.41, 5.74) is 0.107. The van der Waals surface area contributed by atoms with E-state index in [-0.39, 0.29) is 28.7 Å². The van der Waals surface area contributed by atoms with E-state index in [4.69, 9.17) is 13.8 Å². The van der Waals surface area contributed by atoms with Crippen molar-refractivity contribution in [3.8, 4) is 5.75 Å². The van der Waals surface area contributed by atoms with Gasteiger partial charge in [0.1, 0.15) is 5.75 Å². The zero-order chi connectivity index (χ0) is 23.8. The quantitative estimate of drug-likeness (QED) is 0.324. The summed E-state index contributed by atoms with van der Waals surface area (Å²) in [5, 5.41) is 7.65. The number of carbonyl (C=O) groups excluding carboxylic acids is 1. The fraction of sp³-hybridized carbons (Fsp3) is 0.400. The van der Waals surface area contributed by atoms with Gasteiger partial charge in [-0.3, -0.25) is 28.0 Å². The van der Waals surface area contributed by atoms with Crippen LogP contribution in [-0.4, -0.2) is 30.9 Å². The topological polar surface area (TPSA) is 152 Å². The number of benzene rings is 1. The molecule has 32 heavy (non-hydrogen) atoms. The van der Waals surface area contributed by atoms with Gasteiger partial charge in [-0.25, -0.2) is 0 Å². The average molecular weight is 485 g/mol. The molecule has 1 aromatic heterocycles. The monoisotopic (exact) mass is 485 g/mol. The Hall–Kier alpha value is -1.90. The van der Waals surface area contributed by atoms with Crippen molar-refractivity contribution in [1.29, 1.82) is 0 Å². The molecule has 1 fully saturated rings. The molecule has 2 unspecified atom stereocenters. The first kappa shape index (κ1) is 24.7. The summed E-state index contributed by atoms with van der Waals surface area (Å²) < 4.78 is 41.0. The SMILES string of the molecule is CC(C)(C)CC(=O)Oc1ccc(C2OP(=O)(O)C(O)(Cc3cccnc3)P(=O)(O)O2)cc1. The van der Waals surface area contributed by atoms with E-state index in [0.717, 1.165) is 0 Å². The molecule has 1 aliphatic rings. The maximum atomic E-state index is 12.8. The summed E-state index contributed by atoms with van der Waals surface area (Å²) in [6.07, 6.45) is 0.538. The van der Waals surface area contributed by atoms with Crippen LogP contribution in [-0.2, 0) is 29.4 Å². The molecule has 3 N–H and O–H groups in total. The molecule has 0 radical (unpaired) electrons. The summed E-state index contributed by atoms with van der Waals surface area (Å²) in [4.78, 5) is 36.5. The Balaban J connectivity index is 1.78. The summed E-state index contributed by atoms with van der Waals surface area (Å²) in [7, 11) is -10.1. The lowest BCUT2D eigenvalue weighted by Gasteiger charge is -2.41. The van der Waals surface area contributed by atoms with Gasteiger partial charge in [0.2, 0.25) is 6.29 Å². The largest absolute Gasteiger partial charge is 0.427 e. The third kappa shape index (κ3) is 5.35. The second-order valence-corrected chi connectivity index (χ2v) is 13.0. The number of nitrogens with zero attached hydrogens (tertiary/aromatic N) is 1. The first-order valence-corrected chi connectivity index (χ1v) is 12.8. The molecule has 1 aliphatic heterocycles. The summed E-state index contributed by atoms with van der Waals surface area (Å²) in [6, 6.07) is 8.47. The number of hydrogen-bond donors (Lipinski definition) is 3. The lowest BCUT2D eigenvalue weighted by molar-refractivity contribution is -0.136. The van der Waals surface area contributed by atoms with Gasteiger partial charge in [0.25, 0.3) is 5.08 Å². The van der Waals surface area contributed by atoms with Crippen LogP contribution < -0.4 is 4.74 Å². The molecule has 0 spiro atoms. The fourth-order valence-electron chi connectivity index (χ4n) is 3.00. The third-order valence-corrected chi connectivity index (χ3v) is 9.20. The average Bonchev–Trinajstić information content (AvgIpc) is 2.66. The zero-order valence-corrected chi connectivity index (χ0v) is 19.5. The van der Waals surface area contributed by atoms with Crippen molar-refractivity contribution in [1.82, 2.24) is 4.98 Å². The minimum atomic E-state index is -5.07. The number of ether oxygens (including phenoxy) is 1. The molecule has 0 saturated carbocycles. The Kier molecular flexibility index (Phi) is 6.80. The number of esters is 1. The zero-order valence-electron chi connectivity index (χ0n) is 17.7. The van der Waals surface area contributed by atoms with Gasteiger partial charge < -0.3 is 19.6 Å². The lowest BCUT2D eigenvalue weighted by atomic mass is 9.92. The van der Waals surface area contributed by atoms with Crippen LogP contribution in [0.25, 0.3) is 0 Å². The van der Waals surface area contributed by atoms with Crippen LogP contribution in [0.2, 0.25) is 0 Å². The minimum Gasteiger partial charge on any atom is -0.427 e. The highest BCUT2D eigenvalue weighted by atomic mass is 31.2. The standard InChI is InChI=1S/C20H25NO9P2/c1-19(2,3)12-17(22)28-16-8-6-15(7-9-16)18-29-31(24,25)20(23,32(26,27)30-18)11-14-5-4-10-21-13-14/h4-10,13,18,23H,11-12H2,1-3H3,(H,24,25)(H,26,27). The van der Waals surface area contributed by atoms with Crippen LogP contribution >= 0.6 is 15.2 Å². The predicted molar refractivity (Wildman–Crippen MR) is 114 cm³/mol. The van der Waals surface area contributed by atoms with Crippen molar-refractivity contribution < 1.29 is 42.6 Å². The van der Waals surface area contributed by atoms with Crippen LogP contribution in [0.3, 0.4) is 0 Å². The number of rotatable bonds is 5. The van der Waals surface area contributed by atoms with Gasteiger partial charge in [0.05, 0.1) is 6.42 Å². The van der Waals surface area contributed by atoms with Gasteiger partial charge in [-0.05, 0) is 29.2 Å². The van der Waals surface area contributed by atoms with Crippen molar-refractivity contribution in [2.24, 2.45) is 5.41 Å². The maximum Gasteiger partial charge on any atom is 0.374 e. The Morgan fingerprint density at radius 1 is 1.12 bits per heavy atom. The molecule has 174 valence electrons. The maximum absolute atomic E-state index is 12.8. The van der Waals surface area contributed by atoms with Gasteiger partial charge in [-0.15, -0.1) is 0 Å². The molecular weight excluding hydrogens is 460 g/mol. The van der Waals surface area contributed by atoms with Crippen molar-refractivity contribution in [2.75, 3.05) is 0 Å². The van der Waals surface area contributed by atoms with Gasteiger partial charge in [-0.2, -0.15) is 0 Å². The van der Waals surface area contributed by atoms with E-state index in [1.165, 1.54) is 48.8 Å². The minimum absolute atomic E-state index is 0.118. The summed E-state index contributed by atoms with van der Waals surface area (Å²) in [6.45, 7) is 5.68. The Morgan fingerprint density at radius 3 is 2.22 bits per heavy atom. The molecule has 1 aromatic carbocycles. The molecular formula is C20H25NO9P2. The van der Waals surface area contributed by atoms with E-state index in [1.807, 2.05) is 20.8 Å². The Labute approximate surface area is 185 Å². The van der Waals surface area contributed by atoms with E-state index in [2.05, 4.69) is 4.98 Å². The molecule has 0 aliphatic carbocycles. The molecule has 3 rings (SSSR count). The molecule has 2 aromatic rings. The van der Waals surface area contributed by atoms with Crippen LogP contribution in [0, 0.1) is 5.41 Å². The smallest absolute Gasteiger partial charge is 0.374 e. The molecule has 1 saturated heterocycles. The second kappa shape index (κ2) is 8.80. The normalized spacial score (nSPS) is 30.6. The van der Waals surface area contributed by atoms with E-state index >= 15 is 0 Å². The highest BCUT2D eigenvalue weighted by Gasteiger charge is 2.67. The van der Waals surface area contributed by atoms with Gasteiger partial charge >= 0.3 is 21.2 Å². The Bertz CT molecular complexity index is 1040. The number of carbonyl (C=O) groups is 1. The number of aromatic nitrogens is 1. The predicted octanol–water partition coefficient (Wildman–Crippen LogP) is 3.73. The molecule has 12 heteroatoms. The van der Waals surface area contributed by atoms with Crippen LogP contribution in [0.15, 0.2) is 48.8 Å². The molecule has 0 amide bonds. The highest BCUT2D eigenvalue weighted by Crippen LogP contribution is 2.79. The van der Waals surface area contributed by atoms with Gasteiger partial charge in [0, 0.05) is 24.4 Å². The van der Waals surface area contributed by atoms with Gasteiger partial charge in [-0.1, -0.05) is 39.0 Å². The third-order valence-electron chi connectivity index (χ3n) is 4.61. The highest BCUT2D eigenvalue weighted by molar-refractivity contribution is 7.73. The number of aliphatic hydroxyl groups is 1. The second-order valence-electron chi connectivity index (χ2n) is 8.68. The Morgan fingerprint density at radius 2 is 1.72 bits per heavy atom. The number of hydrogen-bond acceptors (Lipinski definition) is 8. The van der Waals surface area contributed by atoms with Crippen molar-refractivity contribution in [3.63, 3.8) is 0 Å². The van der Waals surface area contributed by atoms with Crippen molar-refractivity contribution in [2.45, 2.75) is 45.0 Å². The lowest BCUT2D eigenvalue weighted by Crippen LogP contribution is -2.37. The van der Waals surface area contributed by atoms with E-state index in [1.54, 1.807) is 0 Å². The van der Waals surface area contributed by atoms with Crippen LogP contribution in [0.4, 0.5) is 0 Å². The fourth-order valence-corrected chi connectivity index (χ4v) is 6.58. The molecule has 10 nitrogen and oxygen atoms in total. The molecule has 2 heterocycles. The van der Waals surface area contributed by atoms with Crippen molar-refractivity contribution in [3.05, 3.63) is 59.9 Å². The number of pyridine rings is 1. The first-order valence-electron chi connectivity index (χ1n) is 9.67. The van der Waals surface area contributed by atoms with Gasteiger partial charge in [0.15, 0.2) is 0 Å². The molecule has 0 bridgehead atoms. The first-order chi connectivity index (χ1) is 14.7. The summed E-state index contributed by atoms with van der Waals surface area (Å²) in [5.74, 6) is -0.221. The van der Waals surface area contributed by atoms with E-state index in [9.17, 15) is 28.8 Å². The van der Waals surface area contributed by atoms with E-state index < -0.39 is 39.0 Å². The van der Waals surface area contributed by atoms with Crippen LogP contribution in [0.5, 0.6) is 5.75 Å². The molecule has 2 atom stereocenters. The van der Waals surface area contributed by atoms with Crippen molar-refractivity contribution >= 4 is 21.2 Å².